The van der Waals surface area contributed by atoms with Crippen LogP contribution in [0.15, 0.2) is 48.5 Å². The Balaban J connectivity index is 1.60. The van der Waals surface area contributed by atoms with Crippen molar-refractivity contribution in [3.63, 3.8) is 0 Å². The van der Waals surface area contributed by atoms with E-state index in [0.29, 0.717) is 11.5 Å². The highest BCUT2D eigenvalue weighted by Gasteiger charge is 2.21. The second-order valence-corrected chi connectivity index (χ2v) is 7.37. The largest absolute Gasteiger partial charge is 0.356 e. The lowest BCUT2D eigenvalue weighted by atomic mass is 9.99. The molecule has 1 saturated heterocycles. The Hall–Kier alpha value is -3.02. The molecule has 6 heteroatoms. The van der Waals surface area contributed by atoms with Crippen LogP contribution in [0, 0.1) is 11.7 Å². The molecule has 0 bridgehead atoms. The van der Waals surface area contributed by atoms with Gasteiger partial charge in [-0.1, -0.05) is 31.2 Å². The fourth-order valence-electron chi connectivity index (χ4n) is 3.53. The summed E-state index contributed by atoms with van der Waals surface area (Å²) < 4.78 is 13.3. The lowest BCUT2D eigenvalue weighted by Gasteiger charge is -2.32. The molecule has 1 amide bonds. The summed E-state index contributed by atoms with van der Waals surface area (Å²) in [6.45, 7) is 4.34. The van der Waals surface area contributed by atoms with Crippen LogP contribution in [0.3, 0.4) is 0 Å². The SMILES string of the molecule is CC1CCN(c2nc(C(=O)NCc3cccc(F)c3)nc3ccccc23)CC1. The van der Waals surface area contributed by atoms with Crippen LogP contribution in [0.5, 0.6) is 0 Å². The zero-order chi connectivity index (χ0) is 19.5. The number of anilines is 1. The van der Waals surface area contributed by atoms with E-state index >= 15 is 0 Å². The first-order chi connectivity index (χ1) is 13.6. The number of nitrogens with zero attached hydrogens (tertiary/aromatic N) is 3. The van der Waals surface area contributed by atoms with Gasteiger partial charge in [-0.05, 0) is 48.6 Å². The van der Waals surface area contributed by atoms with Crippen molar-refractivity contribution in [1.82, 2.24) is 15.3 Å². The average molecular weight is 378 g/mol. The Morgan fingerprint density at radius 3 is 2.71 bits per heavy atom. The number of halogens is 1. The Bertz CT molecular complexity index is 999. The summed E-state index contributed by atoms with van der Waals surface area (Å²) in [6, 6.07) is 13.9. The monoisotopic (exact) mass is 378 g/mol. The summed E-state index contributed by atoms with van der Waals surface area (Å²) in [5.41, 5.74) is 1.45. The minimum atomic E-state index is -0.360. The van der Waals surface area contributed by atoms with Gasteiger partial charge in [0.25, 0.3) is 5.91 Å². The van der Waals surface area contributed by atoms with E-state index in [2.05, 4.69) is 27.1 Å². The number of aromatic nitrogens is 2. The molecule has 1 aliphatic rings. The molecule has 28 heavy (non-hydrogen) atoms. The Morgan fingerprint density at radius 1 is 1.14 bits per heavy atom. The van der Waals surface area contributed by atoms with Crippen LogP contribution in [0.25, 0.3) is 10.9 Å². The molecule has 0 radical (unpaired) electrons. The van der Waals surface area contributed by atoms with Gasteiger partial charge in [0.1, 0.15) is 11.6 Å². The standard InChI is InChI=1S/C22H23FN4O/c1-15-9-11-27(12-10-15)21-18-7-2-3-8-19(18)25-20(26-21)22(28)24-14-16-5-4-6-17(23)13-16/h2-8,13,15H,9-12,14H2,1H3,(H,24,28). The number of carbonyl (C=O) groups is 1. The molecule has 1 fully saturated rings. The number of nitrogens with one attached hydrogen (secondary N) is 1. The van der Waals surface area contributed by atoms with Crippen molar-refractivity contribution in [2.24, 2.45) is 5.92 Å². The average Bonchev–Trinajstić information content (AvgIpc) is 2.72. The van der Waals surface area contributed by atoms with E-state index in [1.165, 1.54) is 12.1 Å². The fourth-order valence-corrected chi connectivity index (χ4v) is 3.53. The van der Waals surface area contributed by atoms with E-state index in [9.17, 15) is 9.18 Å². The maximum absolute atomic E-state index is 13.3. The predicted octanol–water partition coefficient (Wildman–Crippen LogP) is 3.94. The van der Waals surface area contributed by atoms with Gasteiger partial charge in [0.15, 0.2) is 0 Å². The number of hydrogen-bond acceptors (Lipinski definition) is 4. The molecule has 5 nitrogen and oxygen atoms in total. The summed E-state index contributed by atoms with van der Waals surface area (Å²) in [5, 5.41) is 3.75. The summed E-state index contributed by atoms with van der Waals surface area (Å²) in [6.07, 6.45) is 2.22. The smallest absolute Gasteiger partial charge is 0.289 e. The van der Waals surface area contributed by atoms with Crippen LogP contribution >= 0.6 is 0 Å². The minimum absolute atomic E-state index is 0.142. The van der Waals surface area contributed by atoms with Gasteiger partial charge >= 0.3 is 0 Å². The highest BCUT2D eigenvalue weighted by molar-refractivity contribution is 5.96. The third-order valence-electron chi connectivity index (χ3n) is 5.21. The highest BCUT2D eigenvalue weighted by Crippen LogP contribution is 2.28. The third-order valence-corrected chi connectivity index (χ3v) is 5.21. The van der Waals surface area contributed by atoms with Gasteiger partial charge < -0.3 is 10.2 Å². The minimum Gasteiger partial charge on any atom is -0.356 e. The van der Waals surface area contributed by atoms with Crippen molar-refractivity contribution in [1.29, 1.82) is 0 Å². The van der Waals surface area contributed by atoms with Gasteiger partial charge in [-0.2, -0.15) is 0 Å². The van der Waals surface area contributed by atoms with E-state index in [4.69, 9.17) is 0 Å². The zero-order valence-electron chi connectivity index (χ0n) is 15.9. The molecule has 1 N–H and O–H groups in total. The van der Waals surface area contributed by atoms with Crippen LogP contribution in [-0.4, -0.2) is 29.0 Å². The van der Waals surface area contributed by atoms with Gasteiger partial charge in [0, 0.05) is 25.0 Å². The van der Waals surface area contributed by atoms with E-state index in [0.717, 1.165) is 42.7 Å². The number of benzene rings is 2. The molecule has 0 unspecified atom stereocenters. The van der Waals surface area contributed by atoms with Crippen LogP contribution in [0.4, 0.5) is 10.2 Å². The van der Waals surface area contributed by atoms with Crippen molar-refractivity contribution in [3.05, 3.63) is 65.7 Å². The van der Waals surface area contributed by atoms with Crippen molar-refractivity contribution in [2.75, 3.05) is 18.0 Å². The molecule has 1 aromatic heterocycles. The Kier molecular flexibility index (Phi) is 5.19. The molecule has 2 heterocycles. The van der Waals surface area contributed by atoms with E-state index in [1.54, 1.807) is 12.1 Å². The molecule has 4 rings (SSSR count). The lowest BCUT2D eigenvalue weighted by molar-refractivity contribution is 0.0941. The van der Waals surface area contributed by atoms with Gasteiger partial charge in [-0.25, -0.2) is 14.4 Å². The maximum atomic E-state index is 13.3. The Morgan fingerprint density at radius 2 is 1.93 bits per heavy atom. The first-order valence-electron chi connectivity index (χ1n) is 9.64. The third kappa shape index (κ3) is 3.96. The van der Waals surface area contributed by atoms with Crippen molar-refractivity contribution in [2.45, 2.75) is 26.3 Å². The van der Waals surface area contributed by atoms with E-state index in [1.807, 2.05) is 24.3 Å². The first-order valence-corrected chi connectivity index (χ1v) is 9.64. The number of rotatable bonds is 4. The summed E-state index contributed by atoms with van der Waals surface area (Å²) in [5.74, 6) is 0.979. The summed E-state index contributed by atoms with van der Waals surface area (Å²) >= 11 is 0. The van der Waals surface area contributed by atoms with Crippen LogP contribution in [0.2, 0.25) is 0 Å². The quantitative estimate of drug-likeness (QED) is 0.747. The van der Waals surface area contributed by atoms with E-state index < -0.39 is 0 Å². The molecule has 0 saturated carbocycles. The molecule has 0 atom stereocenters. The number of fused-ring (bicyclic) bond motifs is 1. The summed E-state index contributed by atoms with van der Waals surface area (Å²) in [7, 11) is 0. The molecular formula is C22H23FN4O. The van der Waals surface area contributed by atoms with Crippen molar-refractivity contribution >= 4 is 22.6 Å². The Labute approximate surface area is 163 Å². The fraction of sp³-hybridized carbons (Fsp3) is 0.318. The lowest BCUT2D eigenvalue weighted by Crippen LogP contribution is -2.34. The normalized spacial score (nSPS) is 15.0. The van der Waals surface area contributed by atoms with Gasteiger partial charge in [-0.15, -0.1) is 0 Å². The maximum Gasteiger partial charge on any atom is 0.289 e. The second kappa shape index (κ2) is 7.92. The molecular weight excluding hydrogens is 355 g/mol. The van der Waals surface area contributed by atoms with Crippen molar-refractivity contribution in [3.8, 4) is 0 Å². The topological polar surface area (TPSA) is 58.1 Å². The number of piperidine rings is 1. The zero-order valence-corrected chi connectivity index (χ0v) is 15.9. The van der Waals surface area contributed by atoms with Gasteiger partial charge in [0.05, 0.1) is 5.52 Å². The molecule has 2 aromatic carbocycles. The molecule has 144 valence electrons. The van der Waals surface area contributed by atoms with Crippen LogP contribution in [0.1, 0.15) is 35.9 Å². The van der Waals surface area contributed by atoms with Gasteiger partial charge in [0.2, 0.25) is 5.82 Å². The highest BCUT2D eigenvalue weighted by atomic mass is 19.1. The van der Waals surface area contributed by atoms with E-state index in [-0.39, 0.29) is 24.1 Å². The van der Waals surface area contributed by atoms with Crippen molar-refractivity contribution < 1.29 is 9.18 Å². The van der Waals surface area contributed by atoms with Crippen LogP contribution in [-0.2, 0) is 6.54 Å². The number of amides is 1. The first kappa shape index (κ1) is 18.3. The molecule has 0 spiro atoms. The number of carbonyl (C=O) groups excluding carboxylic acids is 1. The second-order valence-electron chi connectivity index (χ2n) is 7.37. The van der Waals surface area contributed by atoms with Gasteiger partial charge in [-0.3, -0.25) is 4.79 Å². The molecule has 0 aliphatic carbocycles. The number of hydrogen-bond donors (Lipinski definition) is 1. The summed E-state index contributed by atoms with van der Waals surface area (Å²) in [4.78, 5) is 24.0. The molecule has 3 aromatic rings. The number of para-hydroxylation sites is 1. The predicted molar refractivity (Wildman–Crippen MR) is 108 cm³/mol. The molecule has 1 aliphatic heterocycles. The van der Waals surface area contributed by atoms with Crippen LogP contribution < -0.4 is 10.2 Å².